The smallest absolute Gasteiger partial charge is 0.199 e. The van der Waals surface area contributed by atoms with Gasteiger partial charge < -0.3 is 9.57 Å². The SMILES string of the molecule is CCCCOCc1c(F)c(F)c(CS(=O)(=O)C2=NOC(C)(C)C2)c(F)c1F. The van der Waals surface area contributed by atoms with Gasteiger partial charge in [-0.15, -0.1) is 0 Å². The number of unbranched alkanes of at least 4 members (excludes halogenated alkanes) is 1. The first-order valence-electron chi connectivity index (χ1n) is 8.39. The van der Waals surface area contributed by atoms with Crippen LogP contribution in [0.4, 0.5) is 17.6 Å². The van der Waals surface area contributed by atoms with Crippen LogP contribution in [-0.4, -0.2) is 25.7 Å². The minimum atomic E-state index is -4.32. The predicted molar refractivity (Wildman–Crippen MR) is 90.7 cm³/mol. The average Bonchev–Trinajstić information content (AvgIpc) is 2.97. The topological polar surface area (TPSA) is 65.0 Å². The van der Waals surface area contributed by atoms with Crippen molar-refractivity contribution in [3.8, 4) is 0 Å². The lowest BCUT2D eigenvalue weighted by Gasteiger charge is -2.14. The molecule has 0 bridgehead atoms. The molecule has 0 aromatic heterocycles. The second-order valence-corrected chi connectivity index (χ2v) is 8.88. The fraction of sp³-hybridized carbons (Fsp3) is 0.588. The Morgan fingerprint density at radius 1 is 1.07 bits per heavy atom. The van der Waals surface area contributed by atoms with Gasteiger partial charge in [-0.05, 0) is 20.3 Å². The van der Waals surface area contributed by atoms with Gasteiger partial charge >= 0.3 is 0 Å². The molecule has 1 aromatic rings. The van der Waals surface area contributed by atoms with Crippen molar-refractivity contribution < 1.29 is 35.6 Å². The van der Waals surface area contributed by atoms with Crippen LogP contribution in [0.25, 0.3) is 0 Å². The van der Waals surface area contributed by atoms with Crippen molar-refractivity contribution in [2.45, 2.75) is 58.0 Å². The van der Waals surface area contributed by atoms with Crippen molar-refractivity contribution in [1.29, 1.82) is 0 Å². The number of benzene rings is 1. The van der Waals surface area contributed by atoms with E-state index in [1.54, 1.807) is 13.8 Å². The van der Waals surface area contributed by atoms with Gasteiger partial charge in [0.2, 0.25) is 0 Å². The van der Waals surface area contributed by atoms with Crippen LogP contribution in [-0.2, 0) is 31.8 Å². The summed E-state index contributed by atoms with van der Waals surface area (Å²) in [7, 11) is -4.32. The van der Waals surface area contributed by atoms with E-state index in [0.717, 1.165) is 6.42 Å². The van der Waals surface area contributed by atoms with Gasteiger partial charge in [0.15, 0.2) is 38.1 Å². The molecule has 0 fully saturated rings. The number of ether oxygens (including phenoxy) is 1. The summed E-state index contributed by atoms with van der Waals surface area (Å²) >= 11 is 0. The Bertz CT molecular complexity index is 824. The van der Waals surface area contributed by atoms with E-state index < -0.39 is 67.2 Å². The molecular weight excluding hydrogens is 390 g/mol. The molecule has 5 nitrogen and oxygen atoms in total. The van der Waals surface area contributed by atoms with Crippen LogP contribution in [0.3, 0.4) is 0 Å². The second-order valence-electron chi connectivity index (χ2n) is 6.89. The molecule has 27 heavy (non-hydrogen) atoms. The third kappa shape index (κ3) is 4.78. The zero-order valence-electron chi connectivity index (χ0n) is 15.2. The molecule has 1 heterocycles. The fourth-order valence-electron chi connectivity index (χ4n) is 2.44. The van der Waals surface area contributed by atoms with Crippen LogP contribution in [0.5, 0.6) is 0 Å². The largest absolute Gasteiger partial charge is 0.389 e. The lowest BCUT2D eigenvalue weighted by atomic mass is 10.1. The molecule has 0 aliphatic carbocycles. The molecule has 1 aliphatic heterocycles. The summed E-state index contributed by atoms with van der Waals surface area (Å²) in [5.74, 6) is -8.12. The Morgan fingerprint density at radius 2 is 1.63 bits per heavy atom. The van der Waals surface area contributed by atoms with Gasteiger partial charge in [-0.2, -0.15) is 0 Å². The first kappa shape index (κ1) is 21.6. The van der Waals surface area contributed by atoms with Crippen molar-refractivity contribution in [3.05, 3.63) is 34.4 Å². The lowest BCUT2D eigenvalue weighted by molar-refractivity contribution is 0.0123. The average molecular weight is 411 g/mol. The number of rotatable bonds is 7. The maximum atomic E-state index is 14.3. The summed E-state index contributed by atoms with van der Waals surface area (Å²) in [5.41, 5.74) is -3.02. The molecule has 0 N–H and O–H groups in total. The first-order valence-corrected chi connectivity index (χ1v) is 10.0. The minimum Gasteiger partial charge on any atom is -0.389 e. The van der Waals surface area contributed by atoms with E-state index in [1.807, 2.05) is 6.92 Å². The van der Waals surface area contributed by atoms with Gasteiger partial charge in [0.05, 0.1) is 17.9 Å². The molecule has 1 aromatic carbocycles. The zero-order valence-corrected chi connectivity index (χ0v) is 16.1. The molecular formula is C17H21F4NO4S. The van der Waals surface area contributed by atoms with E-state index in [9.17, 15) is 26.0 Å². The minimum absolute atomic E-state index is 0.118. The highest BCUT2D eigenvalue weighted by Crippen LogP contribution is 2.30. The van der Waals surface area contributed by atoms with Gasteiger partial charge in [-0.25, -0.2) is 26.0 Å². The normalized spacial score (nSPS) is 16.3. The summed E-state index contributed by atoms with van der Waals surface area (Å²) in [6.45, 7) is 4.54. The third-order valence-corrected chi connectivity index (χ3v) is 5.60. The number of oxime groups is 1. The Kier molecular flexibility index (Phi) is 6.51. The Balaban J connectivity index is 2.30. The van der Waals surface area contributed by atoms with Gasteiger partial charge in [-0.3, -0.25) is 0 Å². The standard InChI is InChI=1S/C17H21F4NO4S/c1-4-5-6-25-8-10-13(18)15(20)11(16(21)14(10)19)9-27(23,24)12-7-17(2,3)26-22-12/h4-9H2,1-3H3. The quantitative estimate of drug-likeness (QED) is 0.387. The molecule has 2 rings (SSSR count). The molecule has 0 spiro atoms. The lowest BCUT2D eigenvalue weighted by Crippen LogP contribution is -2.24. The molecule has 0 atom stereocenters. The summed E-state index contributed by atoms with van der Waals surface area (Å²) in [6.07, 6.45) is 1.27. The zero-order chi connectivity index (χ0) is 20.4. The maximum Gasteiger partial charge on any atom is 0.199 e. The fourth-order valence-corrected chi connectivity index (χ4v) is 3.96. The highest BCUT2D eigenvalue weighted by atomic mass is 32.2. The highest BCUT2D eigenvalue weighted by Gasteiger charge is 2.38. The van der Waals surface area contributed by atoms with E-state index in [0.29, 0.717) is 6.42 Å². The van der Waals surface area contributed by atoms with E-state index in [-0.39, 0.29) is 13.0 Å². The monoisotopic (exact) mass is 411 g/mol. The van der Waals surface area contributed by atoms with Crippen molar-refractivity contribution >= 4 is 14.9 Å². The van der Waals surface area contributed by atoms with E-state index in [1.165, 1.54) is 0 Å². The molecule has 0 saturated carbocycles. The van der Waals surface area contributed by atoms with Crippen molar-refractivity contribution in [2.24, 2.45) is 5.16 Å². The van der Waals surface area contributed by atoms with Gasteiger partial charge in [0, 0.05) is 18.6 Å². The molecule has 0 amide bonds. The summed E-state index contributed by atoms with van der Waals surface area (Å²) < 4.78 is 86.6. The van der Waals surface area contributed by atoms with Crippen molar-refractivity contribution in [2.75, 3.05) is 6.61 Å². The highest BCUT2D eigenvalue weighted by molar-refractivity contribution is 8.05. The molecule has 10 heteroatoms. The van der Waals surface area contributed by atoms with Crippen LogP contribution in [0.2, 0.25) is 0 Å². The number of nitrogens with zero attached hydrogens (tertiary/aromatic N) is 1. The van der Waals surface area contributed by atoms with Gasteiger partial charge in [0.25, 0.3) is 0 Å². The molecule has 152 valence electrons. The number of hydrogen-bond acceptors (Lipinski definition) is 5. The summed E-state index contributed by atoms with van der Waals surface area (Å²) in [4.78, 5) is 4.92. The van der Waals surface area contributed by atoms with Crippen LogP contribution in [0.15, 0.2) is 5.16 Å². The van der Waals surface area contributed by atoms with Crippen LogP contribution < -0.4 is 0 Å². The van der Waals surface area contributed by atoms with Crippen LogP contribution in [0, 0.1) is 23.3 Å². The van der Waals surface area contributed by atoms with E-state index in [2.05, 4.69) is 5.16 Å². The Hall–Kier alpha value is -1.68. The van der Waals surface area contributed by atoms with Gasteiger partial charge in [-0.1, -0.05) is 18.5 Å². The van der Waals surface area contributed by atoms with E-state index >= 15 is 0 Å². The maximum absolute atomic E-state index is 14.3. The Morgan fingerprint density at radius 3 is 2.11 bits per heavy atom. The predicted octanol–water partition coefficient (Wildman–Crippen LogP) is 3.99. The van der Waals surface area contributed by atoms with Crippen molar-refractivity contribution in [1.82, 2.24) is 0 Å². The molecule has 0 saturated heterocycles. The summed E-state index contributed by atoms with van der Waals surface area (Å²) in [6, 6.07) is 0. The number of hydrogen-bond donors (Lipinski definition) is 0. The van der Waals surface area contributed by atoms with Gasteiger partial charge in [0.1, 0.15) is 5.60 Å². The Labute approximate surface area is 155 Å². The number of sulfone groups is 1. The second kappa shape index (κ2) is 8.14. The first-order chi connectivity index (χ1) is 12.5. The van der Waals surface area contributed by atoms with Crippen molar-refractivity contribution in [3.63, 3.8) is 0 Å². The van der Waals surface area contributed by atoms with Crippen LogP contribution >= 0.6 is 0 Å². The summed E-state index contributed by atoms with van der Waals surface area (Å²) in [5, 5.41) is 2.98. The molecule has 1 aliphatic rings. The third-order valence-electron chi connectivity index (χ3n) is 4.00. The number of halogens is 4. The molecule has 0 unspecified atom stereocenters. The van der Waals surface area contributed by atoms with E-state index in [4.69, 9.17) is 9.57 Å². The molecule has 0 radical (unpaired) electrons. The van der Waals surface area contributed by atoms with Crippen LogP contribution in [0.1, 0.15) is 51.2 Å².